The quantitative estimate of drug-likeness (QED) is 0.801. The van der Waals surface area contributed by atoms with E-state index in [-0.39, 0.29) is 22.8 Å². The molecule has 0 radical (unpaired) electrons. The highest BCUT2D eigenvalue weighted by Crippen LogP contribution is 2.17. The van der Waals surface area contributed by atoms with Crippen molar-refractivity contribution in [2.45, 2.75) is 37.6 Å². The average molecular weight is 312 g/mol. The second-order valence-corrected chi connectivity index (χ2v) is 7.36. The van der Waals surface area contributed by atoms with E-state index in [9.17, 15) is 13.2 Å². The zero-order valence-electron chi connectivity index (χ0n) is 12.8. The van der Waals surface area contributed by atoms with Gasteiger partial charge in [-0.25, -0.2) is 8.42 Å². The van der Waals surface area contributed by atoms with Gasteiger partial charge in [-0.05, 0) is 37.1 Å². The molecule has 0 aliphatic rings. The van der Waals surface area contributed by atoms with Crippen LogP contribution in [0.15, 0.2) is 29.2 Å². The summed E-state index contributed by atoms with van der Waals surface area (Å²) in [6, 6.07) is 6.40. The lowest BCUT2D eigenvalue weighted by Gasteiger charge is -2.17. The largest absolute Gasteiger partial charge is 0.350 e. The van der Waals surface area contributed by atoms with E-state index in [4.69, 9.17) is 5.73 Å². The van der Waals surface area contributed by atoms with Gasteiger partial charge in [0.15, 0.2) is 9.84 Å². The summed E-state index contributed by atoms with van der Waals surface area (Å²) in [6.45, 7) is 4.39. The molecule has 1 amide bonds. The van der Waals surface area contributed by atoms with Crippen molar-refractivity contribution < 1.29 is 13.2 Å². The van der Waals surface area contributed by atoms with Crippen molar-refractivity contribution in [3.05, 3.63) is 29.8 Å². The molecule has 118 valence electrons. The smallest absolute Gasteiger partial charge is 0.220 e. The van der Waals surface area contributed by atoms with Crippen LogP contribution in [0, 0.1) is 5.92 Å². The first-order chi connectivity index (χ1) is 9.77. The third-order valence-electron chi connectivity index (χ3n) is 3.57. The maximum atomic E-state index is 11.9. The number of amides is 1. The van der Waals surface area contributed by atoms with Gasteiger partial charge in [-0.3, -0.25) is 4.79 Å². The van der Waals surface area contributed by atoms with Crippen molar-refractivity contribution in [1.29, 1.82) is 0 Å². The molecule has 5 nitrogen and oxygen atoms in total. The van der Waals surface area contributed by atoms with Crippen molar-refractivity contribution in [2.24, 2.45) is 11.7 Å². The Labute approximate surface area is 126 Å². The number of sulfone groups is 1. The normalized spacial score (nSPS) is 14.5. The fourth-order valence-corrected chi connectivity index (χ4v) is 2.67. The second-order valence-electron chi connectivity index (χ2n) is 5.34. The summed E-state index contributed by atoms with van der Waals surface area (Å²) >= 11 is 0. The number of rotatable bonds is 7. The van der Waals surface area contributed by atoms with E-state index in [1.165, 1.54) is 6.26 Å². The first-order valence-corrected chi connectivity index (χ1v) is 8.96. The van der Waals surface area contributed by atoms with Crippen LogP contribution in [0.4, 0.5) is 0 Å². The summed E-state index contributed by atoms with van der Waals surface area (Å²) in [6.07, 6.45) is 2.46. The molecule has 21 heavy (non-hydrogen) atoms. The Morgan fingerprint density at radius 1 is 1.29 bits per heavy atom. The topological polar surface area (TPSA) is 89.3 Å². The minimum absolute atomic E-state index is 0.0352. The summed E-state index contributed by atoms with van der Waals surface area (Å²) in [5, 5.41) is 2.91. The van der Waals surface area contributed by atoms with E-state index in [1.54, 1.807) is 24.3 Å². The van der Waals surface area contributed by atoms with E-state index in [1.807, 2.05) is 13.8 Å². The van der Waals surface area contributed by atoms with Crippen LogP contribution in [0.5, 0.6) is 0 Å². The highest BCUT2D eigenvalue weighted by atomic mass is 32.2. The number of benzene rings is 1. The van der Waals surface area contributed by atoms with Gasteiger partial charge in [0.2, 0.25) is 5.91 Å². The summed E-state index contributed by atoms with van der Waals surface area (Å²) in [5.41, 5.74) is 6.47. The molecule has 1 rings (SSSR count). The van der Waals surface area contributed by atoms with Crippen LogP contribution in [0.3, 0.4) is 0 Å². The highest BCUT2D eigenvalue weighted by Gasteiger charge is 2.14. The number of hydrogen-bond acceptors (Lipinski definition) is 4. The third kappa shape index (κ3) is 5.47. The van der Waals surface area contributed by atoms with Gasteiger partial charge in [-0.1, -0.05) is 25.5 Å². The van der Waals surface area contributed by atoms with Crippen LogP contribution in [0.2, 0.25) is 0 Å². The van der Waals surface area contributed by atoms with Gasteiger partial charge in [0.05, 0.1) is 10.9 Å². The van der Waals surface area contributed by atoms with Gasteiger partial charge in [0, 0.05) is 12.7 Å². The summed E-state index contributed by atoms with van der Waals surface area (Å²) in [4.78, 5) is 12.2. The second kappa shape index (κ2) is 7.56. The number of nitrogens with two attached hydrogens (primary N) is 1. The molecule has 0 spiro atoms. The van der Waals surface area contributed by atoms with E-state index < -0.39 is 9.84 Å². The minimum atomic E-state index is -3.19. The summed E-state index contributed by atoms with van der Waals surface area (Å²) in [7, 11) is -3.19. The minimum Gasteiger partial charge on any atom is -0.350 e. The van der Waals surface area contributed by atoms with Crippen LogP contribution in [-0.2, 0) is 14.6 Å². The lowest BCUT2D eigenvalue weighted by molar-refractivity contribution is -0.122. The van der Waals surface area contributed by atoms with Gasteiger partial charge in [-0.2, -0.15) is 0 Å². The van der Waals surface area contributed by atoms with E-state index >= 15 is 0 Å². The first-order valence-electron chi connectivity index (χ1n) is 7.07. The molecular formula is C15H24N2O3S. The molecule has 2 unspecified atom stereocenters. The first kappa shape index (κ1) is 17.7. The average Bonchev–Trinajstić information content (AvgIpc) is 2.43. The molecule has 0 aliphatic heterocycles. The van der Waals surface area contributed by atoms with E-state index in [0.717, 1.165) is 12.0 Å². The van der Waals surface area contributed by atoms with E-state index in [2.05, 4.69) is 5.32 Å². The number of carbonyl (C=O) groups excluding carboxylic acids is 1. The van der Waals surface area contributed by atoms with Crippen molar-refractivity contribution in [3.8, 4) is 0 Å². The number of hydrogen-bond donors (Lipinski definition) is 2. The molecule has 2 atom stereocenters. The molecule has 0 bridgehead atoms. The van der Waals surface area contributed by atoms with Crippen LogP contribution in [0.25, 0.3) is 0 Å². The zero-order chi connectivity index (χ0) is 16.0. The molecule has 1 aromatic carbocycles. The molecule has 6 heteroatoms. The van der Waals surface area contributed by atoms with Crippen LogP contribution in [-0.4, -0.2) is 27.1 Å². The Hall–Kier alpha value is -1.40. The van der Waals surface area contributed by atoms with Gasteiger partial charge in [-0.15, -0.1) is 0 Å². The SMILES string of the molecule is CCC(CN)CC(=O)NC(C)c1ccc(S(C)(=O)=O)cc1. The maximum absolute atomic E-state index is 11.9. The van der Waals surface area contributed by atoms with Gasteiger partial charge >= 0.3 is 0 Å². The molecule has 0 aromatic heterocycles. The molecule has 3 N–H and O–H groups in total. The number of nitrogens with one attached hydrogen (secondary N) is 1. The Morgan fingerprint density at radius 3 is 2.29 bits per heavy atom. The molecule has 1 aromatic rings. The Kier molecular flexibility index (Phi) is 6.36. The zero-order valence-corrected chi connectivity index (χ0v) is 13.6. The molecule has 0 saturated carbocycles. The molecule has 0 saturated heterocycles. The summed E-state index contributed by atoms with van der Waals surface area (Å²) in [5.74, 6) is 0.164. The van der Waals surface area contributed by atoms with Gasteiger partial charge in [0.25, 0.3) is 0 Å². The lowest BCUT2D eigenvalue weighted by atomic mass is 10.0. The molecule has 0 fully saturated rings. The van der Waals surface area contributed by atoms with E-state index in [0.29, 0.717) is 13.0 Å². The lowest BCUT2D eigenvalue weighted by Crippen LogP contribution is -2.30. The Morgan fingerprint density at radius 2 is 1.86 bits per heavy atom. The molecule has 0 heterocycles. The summed E-state index contributed by atoms with van der Waals surface area (Å²) < 4.78 is 22.8. The standard InChI is InChI=1S/C15H24N2O3S/c1-4-12(10-16)9-15(18)17-11(2)13-5-7-14(8-6-13)21(3,19)20/h5-8,11-12H,4,9-10,16H2,1-3H3,(H,17,18). The van der Waals surface area contributed by atoms with Crippen LogP contribution >= 0.6 is 0 Å². The highest BCUT2D eigenvalue weighted by molar-refractivity contribution is 7.90. The maximum Gasteiger partial charge on any atom is 0.220 e. The van der Waals surface area contributed by atoms with Crippen LogP contribution < -0.4 is 11.1 Å². The van der Waals surface area contributed by atoms with Crippen molar-refractivity contribution >= 4 is 15.7 Å². The van der Waals surface area contributed by atoms with Gasteiger partial charge < -0.3 is 11.1 Å². The predicted molar refractivity (Wildman–Crippen MR) is 83.6 cm³/mol. The predicted octanol–water partition coefficient (Wildman–Crippen LogP) is 1.64. The Bertz CT molecular complexity index is 563. The van der Waals surface area contributed by atoms with Crippen LogP contribution in [0.1, 0.15) is 38.3 Å². The van der Waals surface area contributed by atoms with Crippen molar-refractivity contribution in [3.63, 3.8) is 0 Å². The van der Waals surface area contributed by atoms with Crippen molar-refractivity contribution in [1.82, 2.24) is 5.32 Å². The fourth-order valence-electron chi connectivity index (χ4n) is 2.04. The fraction of sp³-hybridized carbons (Fsp3) is 0.533. The van der Waals surface area contributed by atoms with Gasteiger partial charge in [0.1, 0.15) is 0 Å². The molecule has 0 aliphatic carbocycles. The molecular weight excluding hydrogens is 288 g/mol. The third-order valence-corrected chi connectivity index (χ3v) is 4.70. The Balaban J connectivity index is 2.67. The number of carbonyl (C=O) groups is 1. The monoisotopic (exact) mass is 312 g/mol. The van der Waals surface area contributed by atoms with Crippen molar-refractivity contribution in [2.75, 3.05) is 12.8 Å².